The third-order valence-corrected chi connectivity index (χ3v) is 6.05. The average molecular weight is 338 g/mol. The van der Waals surface area contributed by atoms with Gasteiger partial charge >= 0.3 is 0 Å². The van der Waals surface area contributed by atoms with Crippen molar-refractivity contribution in [2.75, 3.05) is 26.2 Å². The number of aryl methyl sites for hydroxylation is 1. The average Bonchev–Trinajstić information content (AvgIpc) is 2.54. The summed E-state index contributed by atoms with van der Waals surface area (Å²) in [5, 5.41) is 0. The van der Waals surface area contributed by atoms with Crippen LogP contribution in [0.4, 0.5) is 0 Å². The number of hydrogen-bond donors (Lipinski definition) is 0. The topological polar surface area (TPSA) is 57.7 Å². The number of unbranched alkanes of at least 4 members (excludes halogenated alkanes) is 1. The van der Waals surface area contributed by atoms with Crippen LogP contribution in [-0.2, 0) is 20.6 Å². The van der Waals surface area contributed by atoms with Crippen molar-refractivity contribution < 1.29 is 13.2 Å². The van der Waals surface area contributed by atoms with E-state index in [1.54, 1.807) is 4.90 Å². The molecule has 0 radical (unpaired) electrons. The fourth-order valence-corrected chi connectivity index (χ4v) is 4.20. The van der Waals surface area contributed by atoms with E-state index in [0.717, 1.165) is 24.0 Å². The Kier molecular flexibility index (Phi) is 6.18. The van der Waals surface area contributed by atoms with E-state index in [-0.39, 0.29) is 11.7 Å². The fourth-order valence-electron chi connectivity index (χ4n) is 2.69. The van der Waals surface area contributed by atoms with Gasteiger partial charge in [-0.1, -0.05) is 43.2 Å². The zero-order valence-electron chi connectivity index (χ0n) is 14.0. The molecule has 5 nitrogen and oxygen atoms in total. The maximum absolute atomic E-state index is 12.5. The lowest BCUT2D eigenvalue weighted by molar-refractivity contribution is -0.132. The van der Waals surface area contributed by atoms with Crippen LogP contribution in [0.25, 0.3) is 0 Å². The molecule has 1 aromatic rings. The van der Waals surface area contributed by atoms with E-state index in [4.69, 9.17) is 0 Å². The number of benzene rings is 1. The summed E-state index contributed by atoms with van der Waals surface area (Å²) in [5.74, 6) is 0.166. The number of piperazine rings is 1. The van der Waals surface area contributed by atoms with E-state index in [2.05, 4.69) is 6.92 Å². The highest BCUT2D eigenvalue weighted by atomic mass is 32.2. The Labute approximate surface area is 139 Å². The van der Waals surface area contributed by atoms with Crippen LogP contribution >= 0.6 is 0 Å². The van der Waals surface area contributed by atoms with Gasteiger partial charge in [-0.3, -0.25) is 4.79 Å². The molecule has 0 atom stereocenters. The highest BCUT2D eigenvalue weighted by molar-refractivity contribution is 7.88. The summed E-state index contributed by atoms with van der Waals surface area (Å²) >= 11 is 0. The van der Waals surface area contributed by atoms with Gasteiger partial charge in [-0.15, -0.1) is 0 Å². The largest absolute Gasteiger partial charge is 0.340 e. The lowest BCUT2D eigenvalue weighted by Gasteiger charge is -2.34. The molecule has 0 spiro atoms. The van der Waals surface area contributed by atoms with Crippen LogP contribution in [-0.4, -0.2) is 49.7 Å². The summed E-state index contributed by atoms with van der Waals surface area (Å²) < 4.78 is 26.5. The van der Waals surface area contributed by atoms with Crippen molar-refractivity contribution in [2.45, 2.75) is 38.9 Å². The molecule has 2 rings (SSSR count). The first-order valence-electron chi connectivity index (χ1n) is 8.23. The maximum atomic E-state index is 12.5. The molecule has 0 N–H and O–H groups in total. The number of amides is 1. The van der Waals surface area contributed by atoms with E-state index in [1.807, 2.05) is 31.2 Å². The third-order valence-electron chi connectivity index (χ3n) is 4.20. The summed E-state index contributed by atoms with van der Waals surface area (Å²) in [7, 11) is -3.32. The second-order valence-electron chi connectivity index (χ2n) is 6.13. The van der Waals surface area contributed by atoms with Gasteiger partial charge in [0.1, 0.15) is 0 Å². The van der Waals surface area contributed by atoms with Gasteiger partial charge in [0, 0.05) is 32.6 Å². The van der Waals surface area contributed by atoms with Crippen molar-refractivity contribution in [3.63, 3.8) is 0 Å². The number of carbonyl (C=O) groups is 1. The van der Waals surface area contributed by atoms with E-state index in [9.17, 15) is 13.2 Å². The molecule has 1 aliphatic rings. The summed E-state index contributed by atoms with van der Waals surface area (Å²) in [6, 6.07) is 7.57. The molecule has 1 aliphatic heterocycles. The highest BCUT2D eigenvalue weighted by Gasteiger charge is 2.28. The molecule has 0 bridgehead atoms. The molecule has 23 heavy (non-hydrogen) atoms. The van der Waals surface area contributed by atoms with Crippen molar-refractivity contribution in [1.29, 1.82) is 0 Å². The minimum atomic E-state index is -3.32. The zero-order chi connectivity index (χ0) is 16.9. The van der Waals surface area contributed by atoms with Crippen molar-refractivity contribution in [1.82, 2.24) is 9.21 Å². The first-order valence-corrected chi connectivity index (χ1v) is 9.84. The van der Waals surface area contributed by atoms with Crippen molar-refractivity contribution >= 4 is 15.9 Å². The van der Waals surface area contributed by atoms with Crippen molar-refractivity contribution in [3.8, 4) is 0 Å². The van der Waals surface area contributed by atoms with E-state index >= 15 is 0 Å². The molecule has 0 saturated carbocycles. The smallest absolute Gasteiger partial charge is 0.222 e. The van der Waals surface area contributed by atoms with Crippen LogP contribution < -0.4 is 0 Å². The second-order valence-corrected chi connectivity index (χ2v) is 8.09. The Morgan fingerprint density at radius 1 is 1.09 bits per heavy atom. The molecular formula is C17H26N2O3S. The van der Waals surface area contributed by atoms with Gasteiger partial charge in [-0.2, -0.15) is 4.31 Å². The number of sulfonamides is 1. The van der Waals surface area contributed by atoms with E-state index < -0.39 is 10.0 Å². The van der Waals surface area contributed by atoms with E-state index in [0.29, 0.717) is 32.6 Å². The maximum Gasteiger partial charge on any atom is 0.222 e. The van der Waals surface area contributed by atoms with Crippen LogP contribution in [0.2, 0.25) is 0 Å². The van der Waals surface area contributed by atoms with Crippen LogP contribution in [0.5, 0.6) is 0 Å². The SMILES string of the molecule is CCCCC(=O)N1CCN(S(=O)(=O)Cc2ccc(C)cc2)CC1. The summed E-state index contributed by atoms with van der Waals surface area (Å²) in [6.07, 6.45) is 2.45. The van der Waals surface area contributed by atoms with Gasteiger partial charge in [-0.05, 0) is 18.9 Å². The van der Waals surface area contributed by atoms with Gasteiger partial charge < -0.3 is 4.90 Å². The Morgan fingerprint density at radius 2 is 1.70 bits per heavy atom. The predicted molar refractivity (Wildman–Crippen MR) is 91.5 cm³/mol. The fraction of sp³-hybridized carbons (Fsp3) is 0.588. The minimum Gasteiger partial charge on any atom is -0.340 e. The Bertz CT molecular complexity index is 618. The first kappa shape index (κ1) is 17.9. The zero-order valence-corrected chi connectivity index (χ0v) is 14.8. The second kappa shape index (κ2) is 7.93. The van der Waals surface area contributed by atoms with Crippen LogP contribution in [0, 0.1) is 6.92 Å². The van der Waals surface area contributed by atoms with Gasteiger partial charge in [0.15, 0.2) is 0 Å². The van der Waals surface area contributed by atoms with Crippen LogP contribution in [0.1, 0.15) is 37.3 Å². The van der Waals surface area contributed by atoms with Crippen molar-refractivity contribution in [2.24, 2.45) is 0 Å². The Morgan fingerprint density at radius 3 is 2.26 bits per heavy atom. The molecule has 0 aromatic heterocycles. The molecule has 1 fully saturated rings. The van der Waals surface area contributed by atoms with Crippen LogP contribution in [0.15, 0.2) is 24.3 Å². The number of hydrogen-bond acceptors (Lipinski definition) is 3. The molecule has 6 heteroatoms. The third kappa shape index (κ3) is 5.04. The minimum absolute atomic E-state index is 0.0249. The normalized spacial score (nSPS) is 16.5. The molecule has 1 aromatic carbocycles. The van der Waals surface area contributed by atoms with Gasteiger partial charge in [-0.25, -0.2) is 8.42 Å². The lowest BCUT2D eigenvalue weighted by Crippen LogP contribution is -2.50. The quantitative estimate of drug-likeness (QED) is 0.799. The Hall–Kier alpha value is -1.40. The molecule has 128 valence electrons. The molecule has 0 unspecified atom stereocenters. The molecule has 0 aliphatic carbocycles. The van der Waals surface area contributed by atoms with Gasteiger partial charge in [0.05, 0.1) is 5.75 Å². The molecule has 1 amide bonds. The molecular weight excluding hydrogens is 312 g/mol. The number of rotatable bonds is 6. The monoisotopic (exact) mass is 338 g/mol. The van der Waals surface area contributed by atoms with Gasteiger partial charge in [0.2, 0.25) is 15.9 Å². The van der Waals surface area contributed by atoms with E-state index in [1.165, 1.54) is 4.31 Å². The summed E-state index contributed by atoms with van der Waals surface area (Å²) in [5.41, 5.74) is 1.92. The molecule has 1 saturated heterocycles. The lowest BCUT2D eigenvalue weighted by atomic mass is 10.2. The van der Waals surface area contributed by atoms with Crippen molar-refractivity contribution in [3.05, 3.63) is 35.4 Å². The predicted octanol–water partition coefficient (Wildman–Crippen LogP) is 2.16. The summed E-state index contributed by atoms with van der Waals surface area (Å²) in [4.78, 5) is 13.8. The standard InChI is InChI=1S/C17H26N2O3S/c1-3-4-5-17(20)18-10-12-19(13-11-18)23(21,22)14-16-8-6-15(2)7-9-16/h6-9H,3-5,10-14H2,1-2H3. The Balaban J connectivity index is 1.90. The number of nitrogens with zero attached hydrogens (tertiary/aromatic N) is 2. The van der Waals surface area contributed by atoms with Crippen LogP contribution in [0.3, 0.4) is 0 Å². The highest BCUT2D eigenvalue weighted by Crippen LogP contribution is 2.15. The first-order chi connectivity index (χ1) is 10.9. The summed E-state index contributed by atoms with van der Waals surface area (Å²) in [6.45, 7) is 5.82. The number of carbonyl (C=O) groups excluding carboxylic acids is 1. The van der Waals surface area contributed by atoms with Gasteiger partial charge in [0.25, 0.3) is 0 Å². The molecule has 1 heterocycles.